The monoisotopic (exact) mass is 438 g/mol. The number of hydrogen-bond donors (Lipinski definition) is 1. The van der Waals surface area contributed by atoms with Gasteiger partial charge >= 0.3 is 5.97 Å². The number of aliphatic carboxylic acids is 1. The summed E-state index contributed by atoms with van der Waals surface area (Å²) in [5.41, 5.74) is 0. The largest absolute Gasteiger partial charge is 0.481 e. The molecule has 0 radical (unpaired) electrons. The van der Waals surface area contributed by atoms with Crippen molar-refractivity contribution in [3.63, 3.8) is 0 Å². The molecule has 3 heteroatoms. The van der Waals surface area contributed by atoms with Crippen LogP contribution in [0.5, 0.6) is 0 Å². The van der Waals surface area contributed by atoms with Crippen LogP contribution in [-0.4, -0.2) is 16.9 Å². The number of carbonyl (C=O) groups is 2. The summed E-state index contributed by atoms with van der Waals surface area (Å²) in [5.74, 6) is -0.317. The van der Waals surface area contributed by atoms with Crippen LogP contribution in [-0.2, 0) is 9.59 Å². The lowest BCUT2D eigenvalue weighted by atomic mass is 10.0. The molecule has 0 aliphatic heterocycles. The average molecular weight is 439 g/mol. The summed E-state index contributed by atoms with van der Waals surface area (Å²) in [5, 5.41) is 8.59. The van der Waals surface area contributed by atoms with Crippen molar-refractivity contribution in [2.75, 3.05) is 0 Å². The third kappa shape index (κ3) is 29.1. The van der Waals surface area contributed by atoms with Gasteiger partial charge in [-0.25, -0.2) is 0 Å². The molecule has 0 aromatic heterocycles. The number of rotatable bonds is 26. The highest BCUT2D eigenvalue weighted by Crippen LogP contribution is 2.15. The molecule has 0 spiro atoms. The smallest absolute Gasteiger partial charge is 0.303 e. The maximum atomic E-state index is 10.9. The zero-order chi connectivity index (χ0) is 22.8. The standard InChI is InChI=1S/C28H54O3/c1-27(29)25-23-21-19-17-15-13-11-9-7-5-3-2-4-6-8-10-12-14-16-18-20-22-24-26-28(30)31/h2-26H2,1H3,(H,30,31). The fourth-order valence-electron chi connectivity index (χ4n) is 4.36. The number of ketones is 1. The second kappa shape index (κ2) is 25.4. The number of carboxylic acids is 1. The zero-order valence-electron chi connectivity index (χ0n) is 20.9. The summed E-state index contributed by atoms with van der Waals surface area (Å²) >= 11 is 0. The molecular weight excluding hydrogens is 384 g/mol. The SMILES string of the molecule is CC(=O)CCCCCCCCCCCCCCCCCCCCCCCCCC(=O)O. The van der Waals surface area contributed by atoms with E-state index in [1.54, 1.807) is 6.92 Å². The average Bonchev–Trinajstić information content (AvgIpc) is 2.73. The van der Waals surface area contributed by atoms with E-state index >= 15 is 0 Å². The molecule has 0 unspecified atom stereocenters. The number of carbonyl (C=O) groups excluding carboxylic acids is 1. The molecule has 0 bridgehead atoms. The summed E-state index contributed by atoms with van der Waals surface area (Å²) in [6, 6.07) is 0. The molecule has 0 aliphatic rings. The van der Waals surface area contributed by atoms with Crippen LogP contribution in [0.1, 0.15) is 167 Å². The molecule has 0 saturated heterocycles. The first-order valence-corrected chi connectivity index (χ1v) is 13.8. The number of Topliss-reactive ketones (excluding diaryl/α,β-unsaturated/α-hetero) is 1. The Morgan fingerprint density at radius 3 is 0.774 bits per heavy atom. The van der Waals surface area contributed by atoms with Crippen LogP contribution >= 0.6 is 0 Å². The van der Waals surface area contributed by atoms with Gasteiger partial charge in [0.2, 0.25) is 0 Å². The molecular formula is C28H54O3. The van der Waals surface area contributed by atoms with Gasteiger partial charge in [-0.3, -0.25) is 4.79 Å². The van der Waals surface area contributed by atoms with E-state index in [1.807, 2.05) is 0 Å². The molecule has 0 amide bonds. The van der Waals surface area contributed by atoms with Crippen molar-refractivity contribution in [1.82, 2.24) is 0 Å². The Bertz CT molecular complexity index is 356. The van der Waals surface area contributed by atoms with Crippen molar-refractivity contribution < 1.29 is 14.7 Å². The van der Waals surface area contributed by atoms with Gasteiger partial charge in [-0.15, -0.1) is 0 Å². The number of unbranched alkanes of at least 4 members (excludes halogenated alkanes) is 22. The van der Waals surface area contributed by atoms with Crippen molar-refractivity contribution >= 4 is 11.8 Å². The van der Waals surface area contributed by atoms with Gasteiger partial charge in [0.15, 0.2) is 0 Å². The summed E-state index contributed by atoms with van der Waals surface area (Å²) in [7, 11) is 0. The maximum Gasteiger partial charge on any atom is 0.303 e. The van der Waals surface area contributed by atoms with Crippen LogP contribution in [0.4, 0.5) is 0 Å². The van der Waals surface area contributed by atoms with E-state index in [4.69, 9.17) is 5.11 Å². The first-order valence-electron chi connectivity index (χ1n) is 13.8. The molecule has 0 saturated carbocycles. The molecule has 0 rings (SSSR count). The molecule has 0 heterocycles. The fourth-order valence-corrected chi connectivity index (χ4v) is 4.36. The van der Waals surface area contributed by atoms with Gasteiger partial charge in [-0.1, -0.05) is 135 Å². The Kier molecular flexibility index (Phi) is 24.7. The van der Waals surface area contributed by atoms with E-state index in [-0.39, 0.29) is 0 Å². The Balaban J connectivity index is 3.02. The van der Waals surface area contributed by atoms with Gasteiger partial charge < -0.3 is 9.90 Å². The lowest BCUT2D eigenvalue weighted by Gasteiger charge is -2.04. The third-order valence-corrected chi connectivity index (χ3v) is 6.42. The molecule has 0 aromatic rings. The minimum absolute atomic E-state index is 0.339. The summed E-state index contributed by atoms with van der Waals surface area (Å²) in [4.78, 5) is 21.3. The first kappa shape index (κ1) is 30.1. The quantitative estimate of drug-likeness (QED) is 0.137. The van der Waals surface area contributed by atoms with E-state index in [1.165, 1.54) is 128 Å². The molecule has 184 valence electrons. The lowest BCUT2D eigenvalue weighted by molar-refractivity contribution is -0.137. The summed E-state index contributed by atoms with van der Waals surface area (Å²) in [6.07, 6.45) is 31.6. The topological polar surface area (TPSA) is 54.4 Å². The van der Waals surface area contributed by atoms with Crippen LogP contribution in [0.2, 0.25) is 0 Å². The normalized spacial score (nSPS) is 11.1. The number of hydrogen-bond acceptors (Lipinski definition) is 2. The second-order valence-electron chi connectivity index (χ2n) is 9.73. The van der Waals surface area contributed by atoms with E-state index in [2.05, 4.69) is 0 Å². The minimum Gasteiger partial charge on any atom is -0.481 e. The minimum atomic E-state index is -0.656. The third-order valence-electron chi connectivity index (χ3n) is 6.42. The van der Waals surface area contributed by atoms with Gasteiger partial charge in [-0.2, -0.15) is 0 Å². The molecule has 0 aliphatic carbocycles. The van der Waals surface area contributed by atoms with Gasteiger partial charge in [-0.05, 0) is 19.8 Å². The van der Waals surface area contributed by atoms with Crippen LogP contribution in [0.3, 0.4) is 0 Å². The fraction of sp³-hybridized carbons (Fsp3) is 0.929. The van der Waals surface area contributed by atoms with Crippen LogP contribution < -0.4 is 0 Å². The van der Waals surface area contributed by atoms with Crippen LogP contribution in [0, 0.1) is 0 Å². The van der Waals surface area contributed by atoms with Crippen LogP contribution in [0.15, 0.2) is 0 Å². The van der Waals surface area contributed by atoms with Crippen LogP contribution in [0.25, 0.3) is 0 Å². The number of carboxylic acid groups (broad SMARTS) is 1. The van der Waals surface area contributed by atoms with E-state index in [0.29, 0.717) is 12.2 Å². The Hall–Kier alpha value is -0.860. The molecule has 3 nitrogen and oxygen atoms in total. The first-order chi connectivity index (χ1) is 15.1. The van der Waals surface area contributed by atoms with E-state index in [9.17, 15) is 9.59 Å². The van der Waals surface area contributed by atoms with Gasteiger partial charge in [0.25, 0.3) is 0 Å². The Labute approximate surface area is 194 Å². The van der Waals surface area contributed by atoms with Gasteiger partial charge in [0, 0.05) is 12.8 Å². The molecule has 1 N–H and O–H groups in total. The molecule has 0 aromatic carbocycles. The lowest BCUT2D eigenvalue weighted by Crippen LogP contribution is -1.93. The summed E-state index contributed by atoms with van der Waals surface area (Å²) < 4.78 is 0. The Morgan fingerprint density at radius 2 is 0.581 bits per heavy atom. The highest BCUT2D eigenvalue weighted by Gasteiger charge is 1.98. The van der Waals surface area contributed by atoms with E-state index in [0.717, 1.165) is 25.7 Å². The van der Waals surface area contributed by atoms with Crippen molar-refractivity contribution in [2.24, 2.45) is 0 Å². The highest BCUT2D eigenvalue weighted by molar-refractivity contribution is 5.75. The molecule has 31 heavy (non-hydrogen) atoms. The predicted octanol–water partition coefficient (Wildman–Crippen LogP) is 9.41. The summed E-state index contributed by atoms with van der Waals surface area (Å²) in [6.45, 7) is 1.70. The van der Waals surface area contributed by atoms with Crippen molar-refractivity contribution in [1.29, 1.82) is 0 Å². The zero-order valence-corrected chi connectivity index (χ0v) is 20.9. The Morgan fingerprint density at radius 1 is 0.387 bits per heavy atom. The second-order valence-corrected chi connectivity index (χ2v) is 9.73. The van der Waals surface area contributed by atoms with Gasteiger partial charge in [0.1, 0.15) is 5.78 Å². The van der Waals surface area contributed by atoms with Crippen molar-refractivity contribution in [2.45, 2.75) is 167 Å². The van der Waals surface area contributed by atoms with Gasteiger partial charge in [0.05, 0.1) is 0 Å². The van der Waals surface area contributed by atoms with E-state index < -0.39 is 5.97 Å². The highest BCUT2D eigenvalue weighted by atomic mass is 16.4. The predicted molar refractivity (Wildman–Crippen MR) is 134 cm³/mol. The molecule has 0 fully saturated rings. The maximum absolute atomic E-state index is 10.9. The van der Waals surface area contributed by atoms with Crippen molar-refractivity contribution in [3.05, 3.63) is 0 Å². The van der Waals surface area contributed by atoms with Crippen molar-refractivity contribution in [3.8, 4) is 0 Å². The molecule has 0 atom stereocenters.